The highest BCUT2D eigenvalue weighted by Crippen LogP contribution is 2.30. The van der Waals surface area contributed by atoms with Crippen LogP contribution in [0.3, 0.4) is 0 Å². The van der Waals surface area contributed by atoms with E-state index in [0.29, 0.717) is 6.54 Å². The van der Waals surface area contributed by atoms with Crippen molar-refractivity contribution < 1.29 is 0 Å². The van der Waals surface area contributed by atoms with Crippen LogP contribution in [-0.4, -0.2) is 27.3 Å². The SMILES string of the molecule is Cc1nnc(CN=C(NCCC2CCCC(C)C2)NC(C)c2ccccc2)n1C.I. The second-order valence-corrected chi connectivity index (χ2v) is 8.52. The summed E-state index contributed by atoms with van der Waals surface area (Å²) in [6.07, 6.45) is 6.70. The Morgan fingerprint density at radius 2 is 2.00 bits per heavy atom. The number of halogens is 1. The minimum atomic E-state index is 0. The molecule has 0 amide bonds. The molecule has 0 spiro atoms. The Labute approximate surface area is 198 Å². The third-order valence-corrected chi connectivity index (χ3v) is 6.10. The van der Waals surface area contributed by atoms with Crippen LogP contribution in [0.1, 0.15) is 69.2 Å². The van der Waals surface area contributed by atoms with E-state index in [-0.39, 0.29) is 30.0 Å². The van der Waals surface area contributed by atoms with Crippen LogP contribution in [0.25, 0.3) is 0 Å². The predicted octanol–water partition coefficient (Wildman–Crippen LogP) is 4.75. The number of hydrogen-bond acceptors (Lipinski definition) is 3. The average molecular weight is 524 g/mol. The highest BCUT2D eigenvalue weighted by atomic mass is 127. The van der Waals surface area contributed by atoms with Crippen molar-refractivity contribution in [2.24, 2.45) is 23.9 Å². The average Bonchev–Trinajstić information content (AvgIpc) is 3.04. The zero-order chi connectivity index (χ0) is 20.6. The molecule has 2 N–H and O–H groups in total. The van der Waals surface area contributed by atoms with Gasteiger partial charge in [-0.3, -0.25) is 0 Å². The molecule has 0 bridgehead atoms. The normalized spacial score (nSPS) is 20.3. The van der Waals surface area contributed by atoms with Crippen LogP contribution in [-0.2, 0) is 13.6 Å². The first kappa shape index (κ1) is 24.6. The summed E-state index contributed by atoms with van der Waals surface area (Å²) in [7, 11) is 1.98. The number of nitrogens with one attached hydrogen (secondary N) is 2. The Kier molecular flexibility index (Phi) is 10.1. The van der Waals surface area contributed by atoms with Crippen molar-refractivity contribution in [1.82, 2.24) is 25.4 Å². The first-order valence-electron chi connectivity index (χ1n) is 11.0. The molecule has 3 atom stereocenters. The molecule has 1 saturated carbocycles. The fraction of sp³-hybridized carbons (Fsp3) is 0.609. The fourth-order valence-corrected chi connectivity index (χ4v) is 4.14. The molecule has 0 radical (unpaired) electrons. The smallest absolute Gasteiger partial charge is 0.192 e. The Balaban J connectivity index is 0.00000320. The van der Waals surface area contributed by atoms with Gasteiger partial charge >= 0.3 is 0 Å². The van der Waals surface area contributed by atoms with Crippen molar-refractivity contribution in [3.05, 3.63) is 47.5 Å². The van der Waals surface area contributed by atoms with Crippen molar-refractivity contribution in [3.8, 4) is 0 Å². The molecule has 3 unspecified atom stereocenters. The lowest BCUT2D eigenvalue weighted by atomic mass is 9.81. The summed E-state index contributed by atoms with van der Waals surface area (Å²) in [4.78, 5) is 4.80. The quantitative estimate of drug-likeness (QED) is 0.312. The maximum atomic E-state index is 4.80. The summed E-state index contributed by atoms with van der Waals surface area (Å²) in [6.45, 7) is 7.97. The van der Waals surface area contributed by atoms with E-state index in [1.54, 1.807) is 0 Å². The largest absolute Gasteiger partial charge is 0.356 e. The molecule has 1 aliphatic carbocycles. The van der Waals surface area contributed by atoms with Gasteiger partial charge in [-0.05, 0) is 44.1 Å². The lowest BCUT2D eigenvalue weighted by Gasteiger charge is -2.27. The molecule has 7 heteroatoms. The van der Waals surface area contributed by atoms with E-state index in [0.717, 1.165) is 36.0 Å². The number of benzene rings is 1. The molecule has 0 saturated heterocycles. The third kappa shape index (κ3) is 7.25. The van der Waals surface area contributed by atoms with Gasteiger partial charge in [0.15, 0.2) is 11.8 Å². The second-order valence-electron chi connectivity index (χ2n) is 8.52. The van der Waals surface area contributed by atoms with Crippen LogP contribution in [0.15, 0.2) is 35.3 Å². The predicted molar refractivity (Wildman–Crippen MR) is 134 cm³/mol. The Bertz CT molecular complexity index is 788. The van der Waals surface area contributed by atoms with Gasteiger partial charge in [-0.2, -0.15) is 0 Å². The molecule has 6 nitrogen and oxygen atoms in total. The molecule has 2 aromatic rings. The number of aliphatic imine (C=N–C) groups is 1. The molecular formula is C23H37IN6. The van der Waals surface area contributed by atoms with E-state index in [4.69, 9.17) is 4.99 Å². The van der Waals surface area contributed by atoms with Crippen molar-refractivity contribution in [3.63, 3.8) is 0 Å². The fourth-order valence-electron chi connectivity index (χ4n) is 4.14. The van der Waals surface area contributed by atoms with Gasteiger partial charge in [0.05, 0.1) is 6.04 Å². The Morgan fingerprint density at radius 3 is 2.67 bits per heavy atom. The minimum Gasteiger partial charge on any atom is -0.356 e. The van der Waals surface area contributed by atoms with Gasteiger partial charge in [0, 0.05) is 13.6 Å². The van der Waals surface area contributed by atoms with E-state index in [2.05, 4.69) is 58.9 Å². The number of hydrogen-bond donors (Lipinski definition) is 2. The zero-order valence-corrected chi connectivity index (χ0v) is 21.1. The molecule has 166 valence electrons. The van der Waals surface area contributed by atoms with Crippen LogP contribution in [0.4, 0.5) is 0 Å². The number of aryl methyl sites for hydroxylation is 1. The molecule has 1 aromatic carbocycles. The van der Waals surface area contributed by atoms with Crippen LogP contribution in [0.2, 0.25) is 0 Å². The minimum absolute atomic E-state index is 0. The first-order valence-corrected chi connectivity index (χ1v) is 11.0. The van der Waals surface area contributed by atoms with Gasteiger partial charge in [-0.1, -0.05) is 56.5 Å². The van der Waals surface area contributed by atoms with Gasteiger partial charge in [0.2, 0.25) is 0 Å². The number of guanidine groups is 1. The monoisotopic (exact) mass is 524 g/mol. The van der Waals surface area contributed by atoms with E-state index < -0.39 is 0 Å². The molecule has 0 aliphatic heterocycles. The lowest BCUT2D eigenvalue weighted by Crippen LogP contribution is -2.40. The number of aromatic nitrogens is 3. The van der Waals surface area contributed by atoms with E-state index in [9.17, 15) is 0 Å². The van der Waals surface area contributed by atoms with Gasteiger partial charge in [-0.15, -0.1) is 34.2 Å². The van der Waals surface area contributed by atoms with Crippen molar-refractivity contribution in [2.75, 3.05) is 6.54 Å². The van der Waals surface area contributed by atoms with Crippen LogP contribution < -0.4 is 10.6 Å². The van der Waals surface area contributed by atoms with Gasteiger partial charge in [0.1, 0.15) is 12.4 Å². The van der Waals surface area contributed by atoms with Gasteiger partial charge < -0.3 is 15.2 Å². The third-order valence-electron chi connectivity index (χ3n) is 6.10. The number of rotatable bonds is 7. The summed E-state index contributed by atoms with van der Waals surface area (Å²) in [6, 6.07) is 10.7. The van der Waals surface area contributed by atoms with Crippen LogP contribution in [0, 0.1) is 18.8 Å². The first-order chi connectivity index (χ1) is 14.0. The van der Waals surface area contributed by atoms with E-state index in [1.165, 1.54) is 37.7 Å². The second kappa shape index (κ2) is 12.3. The summed E-state index contributed by atoms with van der Waals surface area (Å²) in [5.74, 6) is 4.32. The molecular weight excluding hydrogens is 487 g/mol. The summed E-state index contributed by atoms with van der Waals surface area (Å²) in [5.41, 5.74) is 1.25. The van der Waals surface area contributed by atoms with Crippen molar-refractivity contribution >= 4 is 29.9 Å². The molecule has 30 heavy (non-hydrogen) atoms. The van der Waals surface area contributed by atoms with E-state index >= 15 is 0 Å². The maximum absolute atomic E-state index is 4.80. The van der Waals surface area contributed by atoms with E-state index in [1.807, 2.05) is 24.6 Å². The zero-order valence-electron chi connectivity index (χ0n) is 18.8. The van der Waals surface area contributed by atoms with Crippen LogP contribution >= 0.6 is 24.0 Å². The van der Waals surface area contributed by atoms with Crippen LogP contribution in [0.5, 0.6) is 0 Å². The lowest BCUT2D eigenvalue weighted by molar-refractivity contribution is 0.270. The Morgan fingerprint density at radius 1 is 1.23 bits per heavy atom. The highest BCUT2D eigenvalue weighted by molar-refractivity contribution is 14.0. The summed E-state index contributed by atoms with van der Waals surface area (Å²) >= 11 is 0. The number of nitrogens with zero attached hydrogens (tertiary/aromatic N) is 4. The topological polar surface area (TPSA) is 67.1 Å². The molecule has 1 heterocycles. The standard InChI is InChI=1S/C23H36N6.HI/c1-17-9-8-10-20(15-17)13-14-24-23(25-16-22-28-27-19(3)29(22)4)26-18(2)21-11-6-5-7-12-21;/h5-7,11-12,17-18,20H,8-10,13-16H2,1-4H3,(H2,24,25,26);1H. The highest BCUT2D eigenvalue weighted by Gasteiger charge is 2.18. The Hall–Kier alpha value is -1.64. The summed E-state index contributed by atoms with van der Waals surface area (Å²) in [5, 5.41) is 15.5. The van der Waals surface area contributed by atoms with Gasteiger partial charge in [-0.25, -0.2) is 4.99 Å². The summed E-state index contributed by atoms with van der Waals surface area (Å²) < 4.78 is 1.99. The molecule has 3 rings (SSSR count). The maximum Gasteiger partial charge on any atom is 0.192 e. The molecule has 1 aliphatic rings. The molecule has 1 fully saturated rings. The van der Waals surface area contributed by atoms with Gasteiger partial charge in [0.25, 0.3) is 0 Å². The molecule has 1 aromatic heterocycles. The van der Waals surface area contributed by atoms with Crippen molar-refractivity contribution in [2.45, 2.75) is 65.5 Å². The van der Waals surface area contributed by atoms with Crippen molar-refractivity contribution in [1.29, 1.82) is 0 Å².